The van der Waals surface area contributed by atoms with E-state index in [2.05, 4.69) is 31.1 Å². The largest absolute Gasteiger partial charge is 0.326 e. The van der Waals surface area contributed by atoms with Gasteiger partial charge < -0.3 is 10.3 Å². The van der Waals surface area contributed by atoms with E-state index in [-0.39, 0.29) is 23.1 Å². The van der Waals surface area contributed by atoms with Crippen molar-refractivity contribution < 1.29 is 4.79 Å². The van der Waals surface area contributed by atoms with Crippen LogP contribution in [-0.2, 0) is 10.3 Å². The van der Waals surface area contributed by atoms with Gasteiger partial charge in [-0.15, -0.1) is 0 Å². The van der Waals surface area contributed by atoms with Gasteiger partial charge in [-0.2, -0.15) is 0 Å². The van der Waals surface area contributed by atoms with Gasteiger partial charge in [-0.05, 0) is 43.0 Å². The summed E-state index contributed by atoms with van der Waals surface area (Å²) in [5.41, 5.74) is 2.01. The lowest BCUT2D eigenvalue weighted by atomic mass is 9.88. The van der Waals surface area contributed by atoms with Crippen molar-refractivity contribution in [3.05, 3.63) is 70.1 Å². The lowest BCUT2D eigenvalue weighted by Crippen LogP contribution is -2.35. The highest BCUT2D eigenvalue weighted by atomic mass is 16.2. The maximum atomic E-state index is 12.8. The third-order valence-electron chi connectivity index (χ3n) is 5.98. The van der Waals surface area contributed by atoms with Crippen molar-refractivity contribution in [2.45, 2.75) is 46.2 Å². The fourth-order valence-corrected chi connectivity index (χ4v) is 3.67. The molecule has 0 bridgehead atoms. The van der Waals surface area contributed by atoms with Crippen LogP contribution >= 0.6 is 0 Å². The van der Waals surface area contributed by atoms with Gasteiger partial charge in [0.05, 0.1) is 11.0 Å². The van der Waals surface area contributed by atoms with Crippen LogP contribution in [0.3, 0.4) is 0 Å². The van der Waals surface area contributed by atoms with Crippen LogP contribution in [0.5, 0.6) is 0 Å². The summed E-state index contributed by atoms with van der Waals surface area (Å²) in [4.78, 5) is 33.0. The molecule has 0 saturated heterocycles. The number of carbonyl (C=O) groups is 1. The minimum absolute atomic E-state index is 0.00584. The molecule has 0 aliphatic carbocycles. The number of hydrogen-bond acceptors (Lipinski definition) is 3. The summed E-state index contributed by atoms with van der Waals surface area (Å²) in [7, 11) is 0. The smallest absolute Gasteiger partial charge is 0.308 e. The topological polar surface area (TPSA) is 79.2 Å². The van der Waals surface area contributed by atoms with Crippen molar-refractivity contribution in [2.75, 3.05) is 0 Å². The normalized spacial score (nSPS) is 20.6. The van der Waals surface area contributed by atoms with Crippen LogP contribution in [0.25, 0.3) is 11.0 Å². The number of H-pyrrole nitrogens is 1. The summed E-state index contributed by atoms with van der Waals surface area (Å²) in [6, 6.07) is 15.2. The van der Waals surface area contributed by atoms with Crippen LogP contribution in [0, 0.1) is 5.41 Å². The van der Waals surface area contributed by atoms with E-state index in [1.165, 1.54) is 0 Å². The maximum Gasteiger partial charge on any atom is 0.326 e. The van der Waals surface area contributed by atoms with Gasteiger partial charge in [0.2, 0.25) is 0 Å². The van der Waals surface area contributed by atoms with Crippen LogP contribution in [0.4, 0.5) is 0 Å². The summed E-state index contributed by atoms with van der Waals surface area (Å²) in [5.74, 6) is 0.361. The van der Waals surface area contributed by atoms with Crippen molar-refractivity contribution >= 4 is 22.8 Å². The molecule has 0 radical (unpaired) electrons. The molecule has 0 fully saturated rings. The zero-order valence-electron chi connectivity index (χ0n) is 17.4. The molecule has 6 nitrogen and oxygen atoms in total. The summed E-state index contributed by atoms with van der Waals surface area (Å²) in [6.07, 6.45) is 0. The van der Waals surface area contributed by atoms with E-state index in [1.54, 1.807) is 4.57 Å². The van der Waals surface area contributed by atoms with Crippen LogP contribution < -0.4 is 11.0 Å². The fraction of sp³-hybridized carbons (Fsp3) is 0.348. The Morgan fingerprint density at radius 3 is 2.41 bits per heavy atom. The molecule has 1 aliphatic heterocycles. The number of aliphatic imine (C=N–C) groups is 1. The first-order chi connectivity index (χ1) is 13.6. The number of hydrogen-bond donors (Lipinski definition) is 2. The van der Waals surface area contributed by atoms with Gasteiger partial charge in [0.15, 0.2) is 5.54 Å². The Morgan fingerprint density at radius 2 is 1.76 bits per heavy atom. The van der Waals surface area contributed by atoms with Crippen LogP contribution in [0.1, 0.15) is 51.8 Å². The lowest BCUT2D eigenvalue weighted by Gasteiger charge is -2.28. The number of carbonyl (C=O) groups excluding carboxylic acids is 1. The molecular formula is C23H26N4O2. The van der Waals surface area contributed by atoms with Crippen LogP contribution in [0.2, 0.25) is 0 Å². The third-order valence-corrected chi connectivity index (χ3v) is 5.98. The van der Waals surface area contributed by atoms with Crippen molar-refractivity contribution in [1.82, 2.24) is 14.9 Å². The summed E-state index contributed by atoms with van der Waals surface area (Å²) >= 11 is 0. The second kappa shape index (κ2) is 6.44. The molecule has 150 valence electrons. The molecule has 2 atom stereocenters. The quantitative estimate of drug-likeness (QED) is 0.715. The highest BCUT2D eigenvalue weighted by Gasteiger charge is 2.41. The first-order valence-corrected chi connectivity index (χ1v) is 9.83. The molecule has 2 aromatic carbocycles. The molecule has 0 saturated carbocycles. The molecule has 6 heteroatoms. The molecule has 2 heterocycles. The van der Waals surface area contributed by atoms with E-state index in [0.717, 1.165) is 22.2 Å². The molecular weight excluding hydrogens is 364 g/mol. The number of aromatic amines is 1. The summed E-state index contributed by atoms with van der Waals surface area (Å²) < 4.78 is 1.78. The Hall–Kier alpha value is -3.15. The fourth-order valence-electron chi connectivity index (χ4n) is 3.67. The minimum atomic E-state index is -0.970. The standard InChI is InChI=1S/C23H26N4O2/c1-14(22(2,3)4)27-18-13-15(11-12-17(18)24-21(27)29)19-25-20(28)23(5,26-19)16-9-7-6-8-10-16/h6-14H,1-5H3,(H,24,29)(H,25,26,28)/t14-,23+/m1/s1. The Balaban J connectivity index is 1.82. The SMILES string of the molecule is C[C@@H](n1c(=O)[nH]c2ccc(C3=N[C@@](C)(c4ccccc4)C(=O)N3)cc21)C(C)(C)C. The van der Waals surface area contributed by atoms with E-state index >= 15 is 0 Å². The van der Waals surface area contributed by atoms with E-state index < -0.39 is 5.54 Å². The monoisotopic (exact) mass is 390 g/mol. The molecule has 4 rings (SSSR count). The van der Waals surface area contributed by atoms with Crippen molar-refractivity contribution in [2.24, 2.45) is 10.4 Å². The average molecular weight is 390 g/mol. The van der Waals surface area contributed by atoms with Crippen molar-refractivity contribution in [1.29, 1.82) is 0 Å². The van der Waals surface area contributed by atoms with E-state index in [4.69, 9.17) is 4.99 Å². The Morgan fingerprint density at radius 1 is 1.07 bits per heavy atom. The van der Waals surface area contributed by atoms with Crippen LogP contribution in [-0.4, -0.2) is 21.3 Å². The number of imidazole rings is 1. The minimum Gasteiger partial charge on any atom is -0.308 e. The van der Waals surface area contributed by atoms with Gasteiger partial charge in [0.25, 0.3) is 5.91 Å². The predicted octanol–water partition coefficient (Wildman–Crippen LogP) is 3.73. The van der Waals surface area contributed by atoms with Gasteiger partial charge in [0, 0.05) is 11.6 Å². The molecule has 0 spiro atoms. The highest BCUT2D eigenvalue weighted by molar-refractivity contribution is 6.16. The molecule has 29 heavy (non-hydrogen) atoms. The number of fused-ring (bicyclic) bond motifs is 1. The van der Waals surface area contributed by atoms with Gasteiger partial charge in [-0.25, -0.2) is 9.79 Å². The van der Waals surface area contributed by atoms with Gasteiger partial charge >= 0.3 is 5.69 Å². The second-order valence-electron chi connectivity index (χ2n) is 8.93. The molecule has 3 aromatic rings. The number of aromatic nitrogens is 2. The number of rotatable bonds is 3. The number of amides is 1. The average Bonchev–Trinajstić information content (AvgIpc) is 3.17. The second-order valence-corrected chi connectivity index (χ2v) is 8.93. The van der Waals surface area contributed by atoms with E-state index in [9.17, 15) is 9.59 Å². The van der Waals surface area contributed by atoms with Gasteiger partial charge in [0.1, 0.15) is 5.84 Å². The van der Waals surface area contributed by atoms with Gasteiger partial charge in [-0.1, -0.05) is 51.1 Å². The first kappa shape index (κ1) is 19.2. The maximum absolute atomic E-state index is 12.8. The number of nitrogens with one attached hydrogen (secondary N) is 2. The lowest BCUT2D eigenvalue weighted by molar-refractivity contribution is -0.123. The predicted molar refractivity (Wildman–Crippen MR) is 115 cm³/mol. The zero-order valence-corrected chi connectivity index (χ0v) is 17.4. The van der Waals surface area contributed by atoms with Gasteiger partial charge in [-0.3, -0.25) is 9.36 Å². The van der Waals surface area contributed by atoms with E-state index in [0.29, 0.717) is 5.84 Å². The van der Waals surface area contributed by atoms with Crippen LogP contribution in [0.15, 0.2) is 58.3 Å². The Kier molecular flexibility index (Phi) is 4.26. The number of benzene rings is 2. The molecule has 1 amide bonds. The summed E-state index contributed by atoms with van der Waals surface area (Å²) in [5, 5.41) is 2.92. The van der Waals surface area contributed by atoms with E-state index in [1.807, 2.05) is 62.4 Å². The first-order valence-electron chi connectivity index (χ1n) is 9.83. The zero-order chi connectivity index (χ0) is 21.0. The molecule has 2 N–H and O–H groups in total. The number of amidine groups is 1. The van der Waals surface area contributed by atoms with Crippen molar-refractivity contribution in [3.63, 3.8) is 0 Å². The Bertz CT molecular complexity index is 1180. The molecule has 1 aliphatic rings. The Labute approximate surface area is 169 Å². The van der Waals surface area contributed by atoms with Crippen molar-refractivity contribution in [3.8, 4) is 0 Å². The third kappa shape index (κ3) is 3.09. The summed E-state index contributed by atoms with van der Waals surface area (Å²) in [6.45, 7) is 10.2. The molecule has 1 aromatic heterocycles. The highest BCUT2D eigenvalue weighted by Crippen LogP contribution is 2.33. The number of nitrogens with zero attached hydrogens (tertiary/aromatic N) is 2. The molecule has 0 unspecified atom stereocenters.